The van der Waals surface area contributed by atoms with E-state index in [0.717, 1.165) is 39.9 Å². The number of amides is 1. The number of fused-ring (bicyclic) bond motifs is 2. The molecule has 0 saturated heterocycles. The van der Waals surface area contributed by atoms with E-state index >= 15 is 0 Å². The van der Waals surface area contributed by atoms with Crippen LogP contribution in [0.1, 0.15) is 83.2 Å². The standard InChI is InChI=1S/C28H30F3N5OS/c1-15-5-7-16(8-6-15)21-12-23(28(29,30)31)36-24(34-21)20(14-33-36)25(37)35-26-19(13-32)18-10-9-17(27(2,3)4)11-22(18)38-26/h5-8,14,17,21,23,34H,9-12H2,1-4H3,(H,35,37). The number of hydrogen-bond donors (Lipinski definition) is 2. The molecule has 0 saturated carbocycles. The summed E-state index contributed by atoms with van der Waals surface area (Å²) in [5, 5.41) is 20.2. The van der Waals surface area contributed by atoms with Crippen LogP contribution in [-0.4, -0.2) is 21.9 Å². The molecule has 200 valence electrons. The van der Waals surface area contributed by atoms with Crippen LogP contribution in [0.25, 0.3) is 0 Å². The van der Waals surface area contributed by atoms with Crippen LogP contribution in [0.4, 0.5) is 24.0 Å². The van der Waals surface area contributed by atoms with E-state index in [1.807, 2.05) is 19.1 Å². The number of thiophene rings is 1. The molecule has 0 fully saturated rings. The number of alkyl halides is 3. The minimum absolute atomic E-state index is 0.0129. The Bertz CT molecular complexity index is 1410. The highest BCUT2D eigenvalue weighted by Crippen LogP contribution is 2.46. The van der Waals surface area contributed by atoms with Gasteiger partial charge in [0.05, 0.1) is 17.8 Å². The lowest BCUT2D eigenvalue weighted by molar-refractivity contribution is -0.173. The van der Waals surface area contributed by atoms with Crippen LogP contribution in [0.15, 0.2) is 30.5 Å². The van der Waals surface area contributed by atoms with Crippen LogP contribution in [0, 0.1) is 29.6 Å². The molecule has 3 atom stereocenters. The van der Waals surface area contributed by atoms with Crippen LogP contribution in [-0.2, 0) is 12.8 Å². The van der Waals surface area contributed by atoms with E-state index < -0.39 is 24.2 Å². The Balaban J connectivity index is 1.46. The van der Waals surface area contributed by atoms with Crippen LogP contribution in [0.3, 0.4) is 0 Å². The Kier molecular flexibility index (Phi) is 6.54. The summed E-state index contributed by atoms with van der Waals surface area (Å²) in [6.45, 7) is 8.53. The van der Waals surface area contributed by atoms with Gasteiger partial charge in [0.2, 0.25) is 0 Å². The van der Waals surface area contributed by atoms with E-state index in [-0.39, 0.29) is 23.2 Å². The van der Waals surface area contributed by atoms with Crippen molar-refractivity contribution in [3.05, 3.63) is 63.2 Å². The summed E-state index contributed by atoms with van der Waals surface area (Å²) in [4.78, 5) is 14.5. The highest BCUT2D eigenvalue weighted by molar-refractivity contribution is 7.16. The van der Waals surface area contributed by atoms with Crippen molar-refractivity contribution in [2.75, 3.05) is 10.6 Å². The molecular weight excluding hydrogens is 511 g/mol. The Morgan fingerprint density at radius 1 is 1.24 bits per heavy atom. The van der Waals surface area contributed by atoms with Gasteiger partial charge in [-0.1, -0.05) is 50.6 Å². The van der Waals surface area contributed by atoms with Crippen molar-refractivity contribution in [1.29, 1.82) is 5.26 Å². The van der Waals surface area contributed by atoms with Crippen LogP contribution in [0.2, 0.25) is 0 Å². The number of hydrogen-bond acceptors (Lipinski definition) is 5. The summed E-state index contributed by atoms with van der Waals surface area (Å²) in [5.74, 6) is -0.102. The van der Waals surface area contributed by atoms with Gasteiger partial charge >= 0.3 is 6.18 Å². The third-order valence-corrected chi connectivity index (χ3v) is 8.96. The van der Waals surface area contributed by atoms with Crippen LogP contribution in [0.5, 0.6) is 0 Å². The maximum atomic E-state index is 14.1. The Morgan fingerprint density at radius 3 is 2.58 bits per heavy atom. The van der Waals surface area contributed by atoms with Crippen molar-refractivity contribution in [1.82, 2.24) is 9.78 Å². The second-order valence-electron chi connectivity index (χ2n) is 11.3. The molecule has 3 unspecified atom stereocenters. The molecule has 6 nitrogen and oxygen atoms in total. The van der Waals surface area contributed by atoms with Crippen molar-refractivity contribution < 1.29 is 18.0 Å². The maximum Gasteiger partial charge on any atom is 0.410 e. The Morgan fingerprint density at radius 2 is 1.95 bits per heavy atom. The number of carbonyl (C=O) groups excluding carboxylic acids is 1. The fourth-order valence-electron chi connectivity index (χ4n) is 5.45. The molecule has 1 aliphatic heterocycles. The van der Waals surface area contributed by atoms with Crippen molar-refractivity contribution in [3.8, 4) is 6.07 Å². The van der Waals surface area contributed by atoms with Gasteiger partial charge < -0.3 is 10.6 Å². The molecule has 0 radical (unpaired) electrons. The van der Waals surface area contributed by atoms with Crippen LogP contribution < -0.4 is 10.6 Å². The minimum Gasteiger partial charge on any atom is -0.363 e. The molecule has 1 amide bonds. The molecule has 10 heteroatoms. The zero-order valence-electron chi connectivity index (χ0n) is 21.7. The topological polar surface area (TPSA) is 82.7 Å². The molecule has 0 spiro atoms. The first kappa shape index (κ1) is 26.3. The van der Waals surface area contributed by atoms with E-state index in [1.54, 1.807) is 12.1 Å². The van der Waals surface area contributed by atoms with Gasteiger partial charge in [-0.2, -0.15) is 23.5 Å². The lowest BCUT2D eigenvalue weighted by Crippen LogP contribution is -2.36. The van der Waals surface area contributed by atoms with E-state index in [1.165, 1.54) is 17.5 Å². The number of nitrogens with zero attached hydrogens (tertiary/aromatic N) is 3. The minimum atomic E-state index is -4.54. The highest BCUT2D eigenvalue weighted by atomic mass is 32.1. The molecule has 3 aromatic rings. The predicted octanol–water partition coefficient (Wildman–Crippen LogP) is 7.19. The molecule has 0 bridgehead atoms. The average Bonchev–Trinajstić information content (AvgIpc) is 3.43. The molecule has 3 heterocycles. The van der Waals surface area contributed by atoms with E-state index in [9.17, 15) is 23.2 Å². The largest absolute Gasteiger partial charge is 0.410 e. The first-order valence-corrected chi connectivity index (χ1v) is 13.5. The second-order valence-corrected chi connectivity index (χ2v) is 12.4. The van der Waals surface area contributed by atoms with E-state index in [0.29, 0.717) is 22.0 Å². The maximum absolute atomic E-state index is 14.1. The summed E-state index contributed by atoms with van der Waals surface area (Å²) >= 11 is 1.39. The van der Waals surface area contributed by atoms with Crippen LogP contribution >= 0.6 is 11.3 Å². The molecule has 2 aromatic heterocycles. The molecule has 38 heavy (non-hydrogen) atoms. The normalized spacial score (nSPS) is 21.2. The summed E-state index contributed by atoms with van der Waals surface area (Å²) in [5.41, 5.74) is 3.27. The lowest BCUT2D eigenvalue weighted by atomic mass is 9.72. The van der Waals surface area contributed by atoms with Gasteiger partial charge in [-0.15, -0.1) is 11.3 Å². The number of carbonyl (C=O) groups is 1. The molecule has 1 aromatic carbocycles. The fourth-order valence-corrected chi connectivity index (χ4v) is 6.72. The zero-order valence-corrected chi connectivity index (χ0v) is 22.6. The number of halogens is 3. The smallest absolute Gasteiger partial charge is 0.363 e. The van der Waals surface area contributed by atoms with Gasteiger partial charge in [0.1, 0.15) is 22.5 Å². The first-order valence-electron chi connectivity index (χ1n) is 12.7. The van der Waals surface area contributed by atoms with Gasteiger partial charge in [-0.25, -0.2) is 4.68 Å². The summed E-state index contributed by atoms with van der Waals surface area (Å²) in [7, 11) is 0. The monoisotopic (exact) mass is 541 g/mol. The number of nitriles is 1. The highest BCUT2D eigenvalue weighted by Gasteiger charge is 2.47. The number of benzene rings is 1. The Hall–Kier alpha value is -3.32. The average molecular weight is 542 g/mol. The van der Waals surface area contributed by atoms with Gasteiger partial charge in [0.25, 0.3) is 5.91 Å². The SMILES string of the molecule is Cc1ccc(C2CC(C(F)(F)F)n3ncc(C(=O)Nc4sc5c(c4C#N)CCC(C(C)(C)C)C5)c3N2)cc1. The fraction of sp³-hybridized carbons (Fsp3) is 0.464. The summed E-state index contributed by atoms with van der Waals surface area (Å²) in [6.07, 6.45) is -1.04. The number of aromatic nitrogens is 2. The van der Waals surface area contributed by atoms with Crippen molar-refractivity contribution in [3.63, 3.8) is 0 Å². The molecule has 5 rings (SSSR count). The van der Waals surface area contributed by atoms with E-state index in [2.05, 4.69) is 42.6 Å². The first-order chi connectivity index (χ1) is 17.9. The second kappa shape index (κ2) is 9.45. The summed E-state index contributed by atoms with van der Waals surface area (Å²) in [6, 6.07) is 7.03. The predicted molar refractivity (Wildman–Crippen MR) is 141 cm³/mol. The molecular formula is C28H30F3N5OS. The van der Waals surface area contributed by atoms with Gasteiger partial charge in [-0.3, -0.25) is 4.79 Å². The third kappa shape index (κ3) is 4.80. The molecule has 2 aliphatic rings. The molecule has 1 aliphatic carbocycles. The number of nitrogens with one attached hydrogen (secondary N) is 2. The third-order valence-electron chi connectivity index (χ3n) is 7.79. The number of rotatable bonds is 3. The van der Waals surface area contributed by atoms with E-state index in [4.69, 9.17) is 0 Å². The quantitative estimate of drug-likeness (QED) is 0.368. The van der Waals surface area contributed by atoms with Crippen molar-refractivity contribution in [2.24, 2.45) is 11.3 Å². The summed E-state index contributed by atoms with van der Waals surface area (Å²) < 4.78 is 43.0. The van der Waals surface area contributed by atoms with Gasteiger partial charge in [0, 0.05) is 11.3 Å². The van der Waals surface area contributed by atoms with Gasteiger partial charge in [0.15, 0.2) is 6.04 Å². The number of anilines is 2. The lowest BCUT2D eigenvalue weighted by Gasteiger charge is -2.34. The van der Waals surface area contributed by atoms with Gasteiger partial charge in [-0.05, 0) is 48.6 Å². The Labute approximate surface area is 223 Å². The number of aryl methyl sites for hydroxylation is 1. The molecule has 2 N–H and O–H groups in total. The zero-order chi connectivity index (χ0) is 27.4. The van der Waals surface area contributed by atoms with Crippen molar-refractivity contribution in [2.45, 2.75) is 71.6 Å². The van der Waals surface area contributed by atoms with Crippen molar-refractivity contribution >= 4 is 28.1 Å².